The second kappa shape index (κ2) is 8.30. The first kappa shape index (κ1) is 19.0. The van der Waals surface area contributed by atoms with Crippen molar-refractivity contribution in [1.82, 2.24) is 14.8 Å². The number of carbonyl (C=O) groups excluding carboxylic acids is 1. The van der Waals surface area contributed by atoms with Crippen LogP contribution in [0.3, 0.4) is 0 Å². The summed E-state index contributed by atoms with van der Waals surface area (Å²) >= 11 is 0. The van der Waals surface area contributed by atoms with E-state index in [1.807, 2.05) is 12.1 Å². The number of nitrogens with one attached hydrogen (secondary N) is 1. The van der Waals surface area contributed by atoms with Crippen molar-refractivity contribution >= 4 is 17.3 Å². The fourth-order valence-electron chi connectivity index (χ4n) is 2.76. The summed E-state index contributed by atoms with van der Waals surface area (Å²) in [6.45, 7) is 3.35. The minimum atomic E-state index is -0.491. The molecule has 9 nitrogen and oxygen atoms in total. The lowest BCUT2D eigenvalue weighted by Gasteiger charge is -2.10. The smallest absolute Gasteiger partial charge is 0.312 e. The third-order valence-electron chi connectivity index (χ3n) is 4.07. The maximum absolute atomic E-state index is 12.3. The van der Waals surface area contributed by atoms with Crippen molar-refractivity contribution in [2.75, 3.05) is 5.32 Å². The number of rotatable bonds is 7. The zero-order chi connectivity index (χ0) is 20.1. The molecule has 0 fully saturated rings. The van der Waals surface area contributed by atoms with Crippen molar-refractivity contribution in [2.24, 2.45) is 0 Å². The standard InChI is InChI=1S/C19H19N5O4/c1-13-19(24(26)27)14(2)23(22-13)11-18(25)21-16-6-3-7-17(9-16)28-12-15-5-4-8-20-10-15/h3-10H,11-12H2,1-2H3,(H,21,25). The molecule has 9 heteroatoms. The summed E-state index contributed by atoms with van der Waals surface area (Å²) in [4.78, 5) is 26.9. The third kappa shape index (κ3) is 4.50. The van der Waals surface area contributed by atoms with Crippen LogP contribution in [0.15, 0.2) is 48.8 Å². The van der Waals surface area contributed by atoms with Crippen LogP contribution in [0.25, 0.3) is 0 Å². The number of benzene rings is 1. The molecular formula is C19H19N5O4. The van der Waals surface area contributed by atoms with Gasteiger partial charge in [0, 0.05) is 29.7 Å². The minimum Gasteiger partial charge on any atom is -0.489 e. The average Bonchev–Trinajstić information content (AvgIpc) is 2.94. The Labute approximate surface area is 161 Å². The number of nitro groups is 1. The van der Waals surface area contributed by atoms with Crippen molar-refractivity contribution in [1.29, 1.82) is 0 Å². The number of aryl methyl sites for hydroxylation is 1. The van der Waals surface area contributed by atoms with Gasteiger partial charge in [0.25, 0.3) is 0 Å². The zero-order valence-electron chi connectivity index (χ0n) is 15.5. The van der Waals surface area contributed by atoms with E-state index < -0.39 is 4.92 Å². The van der Waals surface area contributed by atoms with Crippen molar-refractivity contribution < 1.29 is 14.5 Å². The summed E-state index contributed by atoms with van der Waals surface area (Å²) < 4.78 is 7.04. The van der Waals surface area contributed by atoms with Gasteiger partial charge in [0.1, 0.15) is 30.3 Å². The second-order valence-electron chi connectivity index (χ2n) is 6.16. The molecule has 2 aromatic heterocycles. The van der Waals surface area contributed by atoms with E-state index in [1.54, 1.807) is 50.5 Å². The van der Waals surface area contributed by atoms with Gasteiger partial charge in [-0.15, -0.1) is 0 Å². The number of aromatic nitrogens is 3. The molecular weight excluding hydrogens is 362 g/mol. The van der Waals surface area contributed by atoms with Crippen molar-refractivity contribution in [3.05, 3.63) is 75.9 Å². The van der Waals surface area contributed by atoms with Gasteiger partial charge in [0.05, 0.1) is 4.92 Å². The van der Waals surface area contributed by atoms with Gasteiger partial charge in [-0.2, -0.15) is 5.10 Å². The number of nitrogens with zero attached hydrogens (tertiary/aromatic N) is 4. The largest absolute Gasteiger partial charge is 0.489 e. The molecule has 144 valence electrons. The van der Waals surface area contributed by atoms with Crippen LogP contribution in [0, 0.1) is 24.0 Å². The summed E-state index contributed by atoms with van der Waals surface area (Å²) in [5, 5.41) is 17.9. The minimum absolute atomic E-state index is 0.0707. The number of carbonyl (C=O) groups is 1. The Balaban J connectivity index is 1.63. The fourth-order valence-corrected chi connectivity index (χ4v) is 2.76. The Morgan fingerprint density at radius 1 is 1.29 bits per heavy atom. The fraction of sp³-hybridized carbons (Fsp3) is 0.211. The quantitative estimate of drug-likeness (QED) is 0.497. The average molecular weight is 381 g/mol. The molecule has 0 bridgehead atoms. The molecule has 3 rings (SSSR count). The number of amides is 1. The van der Waals surface area contributed by atoms with Gasteiger partial charge in [-0.05, 0) is 32.0 Å². The predicted octanol–water partition coefficient (Wildman–Crippen LogP) is 3.02. The summed E-state index contributed by atoms with van der Waals surface area (Å²) in [6.07, 6.45) is 3.41. The SMILES string of the molecule is Cc1nn(CC(=O)Nc2cccc(OCc3cccnc3)c2)c(C)c1[N+](=O)[O-]. The van der Waals surface area contributed by atoms with E-state index in [1.165, 1.54) is 4.68 Å². The molecule has 0 spiro atoms. The molecule has 0 radical (unpaired) electrons. The predicted molar refractivity (Wildman–Crippen MR) is 102 cm³/mol. The highest BCUT2D eigenvalue weighted by molar-refractivity contribution is 5.90. The molecule has 28 heavy (non-hydrogen) atoms. The van der Waals surface area contributed by atoms with Crippen LogP contribution in [0.5, 0.6) is 5.75 Å². The van der Waals surface area contributed by atoms with Crippen LogP contribution < -0.4 is 10.1 Å². The first-order valence-corrected chi connectivity index (χ1v) is 8.54. The van der Waals surface area contributed by atoms with Crippen LogP contribution in [0.1, 0.15) is 17.0 Å². The van der Waals surface area contributed by atoms with Crippen LogP contribution in [0.4, 0.5) is 11.4 Å². The van der Waals surface area contributed by atoms with Gasteiger partial charge in [0.15, 0.2) is 0 Å². The van der Waals surface area contributed by atoms with Gasteiger partial charge in [-0.1, -0.05) is 12.1 Å². The highest BCUT2D eigenvalue weighted by atomic mass is 16.6. The Kier molecular flexibility index (Phi) is 5.64. The van der Waals surface area contributed by atoms with E-state index in [4.69, 9.17) is 4.74 Å². The topological polar surface area (TPSA) is 112 Å². The third-order valence-corrected chi connectivity index (χ3v) is 4.07. The van der Waals surface area contributed by atoms with Gasteiger partial charge < -0.3 is 10.1 Å². The lowest BCUT2D eigenvalue weighted by atomic mass is 10.3. The van der Waals surface area contributed by atoms with E-state index in [2.05, 4.69) is 15.4 Å². The maximum Gasteiger partial charge on any atom is 0.312 e. The van der Waals surface area contributed by atoms with Crippen LogP contribution in [0.2, 0.25) is 0 Å². The molecule has 0 aliphatic rings. The lowest BCUT2D eigenvalue weighted by Crippen LogP contribution is -2.20. The molecule has 1 amide bonds. The number of hydrogen-bond donors (Lipinski definition) is 1. The summed E-state index contributed by atoms with van der Waals surface area (Å²) in [6, 6.07) is 10.7. The van der Waals surface area contributed by atoms with E-state index in [-0.39, 0.29) is 23.8 Å². The first-order chi connectivity index (χ1) is 13.4. The van der Waals surface area contributed by atoms with E-state index in [0.717, 1.165) is 5.56 Å². The molecule has 0 saturated carbocycles. The molecule has 3 aromatic rings. The molecule has 0 saturated heterocycles. The molecule has 0 unspecified atom stereocenters. The molecule has 0 aliphatic heterocycles. The van der Waals surface area contributed by atoms with Crippen molar-refractivity contribution in [2.45, 2.75) is 27.0 Å². The molecule has 0 aliphatic carbocycles. The monoisotopic (exact) mass is 381 g/mol. The highest BCUT2D eigenvalue weighted by Crippen LogP contribution is 2.22. The van der Waals surface area contributed by atoms with Gasteiger partial charge in [-0.3, -0.25) is 24.6 Å². The lowest BCUT2D eigenvalue weighted by molar-refractivity contribution is -0.386. The van der Waals surface area contributed by atoms with Gasteiger partial charge in [0.2, 0.25) is 5.91 Å². The Bertz CT molecular complexity index is 1000. The number of hydrogen-bond acceptors (Lipinski definition) is 6. The number of anilines is 1. The Hall–Kier alpha value is -3.75. The van der Waals surface area contributed by atoms with Crippen molar-refractivity contribution in [3.8, 4) is 5.75 Å². The Morgan fingerprint density at radius 3 is 2.79 bits per heavy atom. The first-order valence-electron chi connectivity index (χ1n) is 8.54. The molecule has 1 aromatic carbocycles. The van der Waals surface area contributed by atoms with E-state index >= 15 is 0 Å². The summed E-state index contributed by atoms with van der Waals surface area (Å²) in [5.74, 6) is 0.258. The van der Waals surface area contributed by atoms with Crippen LogP contribution in [-0.4, -0.2) is 25.6 Å². The normalized spacial score (nSPS) is 10.5. The number of pyridine rings is 1. The van der Waals surface area contributed by atoms with Crippen molar-refractivity contribution in [3.63, 3.8) is 0 Å². The second-order valence-corrected chi connectivity index (χ2v) is 6.16. The maximum atomic E-state index is 12.3. The summed E-state index contributed by atoms with van der Waals surface area (Å²) in [7, 11) is 0. The van der Waals surface area contributed by atoms with Crippen LogP contribution >= 0.6 is 0 Å². The van der Waals surface area contributed by atoms with Gasteiger partial charge >= 0.3 is 5.69 Å². The van der Waals surface area contributed by atoms with E-state index in [9.17, 15) is 14.9 Å². The molecule has 2 heterocycles. The highest BCUT2D eigenvalue weighted by Gasteiger charge is 2.22. The molecule has 0 atom stereocenters. The summed E-state index contributed by atoms with van der Waals surface area (Å²) in [5.41, 5.74) is 2.04. The Morgan fingerprint density at radius 2 is 2.11 bits per heavy atom. The van der Waals surface area contributed by atoms with Crippen LogP contribution in [-0.2, 0) is 17.9 Å². The zero-order valence-corrected chi connectivity index (χ0v) is 15.5. The van der Waals surface area contributed by atoms with Gasteiger partial charge in [-0.25, -0.2) is 0 Å². The van der Waals surface area contributed by atoms with E-state index in [0.29, 0.717) is 23.7 Å². The number of ether oxygens (including phenoxy) is 1. The molecule has 1 N–H and O–H groups in total.